The van der Waals surface area contributed by atoms with Crippen molar-refractivity contribution in [3.8, 4) is 11.3 Å². The maximum atomic E-state index is 5.52. The van der Waals surface area contributed by atoms with Gasteiger partial charge in [-0.3, -0.25) is 0 Å². The molecule has 86 valence electrons. The van der Waals surface area contributed by atoms with Gasteiger partial charge in [0.25, 0.3) is 0 Å². The fraction of sp³-hybridized carbons (Fsp3) is 0.167. The summed E-state index contributed by atoms with van der Waals surface area (Å²) in [6.07, 6.45) is 0. The van der Waals surface area contributed by atoms with E-state index >= 15 is 0 Å². The van der Waals surface area contributed by atoms with Crippen LogP contribution in [0.2, 0.25) is 0 Å². The number of fused-ring (bicyclic) bond motifs is 1. The summed E-state index contributed by atoms with van der Waals surface area (Å²) in [5.41, 5.74) is 3.76. The second kappa shape index (κ2) is 4.23. The zero-order chi connectivity index (χ0) is 11.8. The molecule has 0 aliphatic rings. The molecule has 0 saturated heterocycles. The maximum Gasteiger partial charge on any atom is 0.192 e. The second-order valence-corrected chi connectivity index (χ2v) is 5.18. The van der Waals surface area contributed by atoms with E-state index in [-0.39, 0.29) is 0 Å². The van der Waals surface area contributed by atoms with E-state index in [4.69, 9.17) is 4.42 Å². The molecular weight excluding hydrogens is 300 g/mol. The normalized spacial score (nSPS) is 11.2. The number of aromatic nitrogens is 2. The van der Waals surface area contributed by atoms with Gasteiger partial charge in [0.1, 0.15) is 10.5 Å². The van der Waals surface area contributed by atoms with Crippen LogP contribution in [-0.2, 0) is 5.33 Å². The first-order valence-corrected chi connectivity index (χ1v) is 7.14. The summed E-state index contributed by atoms with van der Waals surface area (Å²) in [5.74, 6) is 0.691. The molecule has 0 radical (unpaired) electrons. The van der Waals surface area contributed by atoms with Crippen molar-refractivity contribution in [2.45, 2.75) is 12.3 Å². The zero-order valence-electron chi connectivity index (χ0n) is 9.11. The molecule has 2 aromatic heterocycles. The minimum absolute atomic E-state index is 0.691. The third kappa shape index (κ3) is 2.00. The number of hydrogen-bond donors (Lipinski definition) is 0. The Morgan fingerprint density at radius 1 is 1.35 bits per heavy atom. The molecule has 0 amide bonds. The lowest BCUT2D eigenvalue weighted by molar-refractivity contribution is 0.561. The highest BCUT2D eigenvalue weighted by atomic mass is 79.9. The molecule has 3 aromatic rings. The number of nitrogens with zero attached hydrogens (tertiary/aromatic N) is 2. The van der Waals surface area contributed by atoms with E-state index in [1.807, 2.05) is 25.1 Å². The number of thiazole rings is 1. The molecule has 0 fully saturated rings. The van der Waals surface area contributed by atoms with Crippen molar-refractivity contribution in [3.63, 3.8) is 0 Å². The predicted molar refractivity (Wildman–Crippen MR) is 72.5 cm³/mol. The minimum atomic E-state index is 0.691. The largest absolute Gasteiger partial charge is 0.441 e. The van der Waals surface area contributed by atoms with Gasteiger partial charge in [-0.05, 0) is 12.1 Å². The highest BCUT2D eigenvalue weighted by molar-refractivity contribution is 9.08. The number of halogens is 1. The number of hydrogen-bond acceptors (Lipinski definition) is 4. The van der Waals surface area contributed by atoms with Crippen molar-refractivity contribution in [1.82, 2.24) is 9.97 Å². The Kier molecular flexibility index (Phi) is 2.72. The lowest BCUT2D eigenvalue weighted by atomic mass is 10.1. The van der Waals surface area contributed by atoms with Crippen molar-refractivity contribution in [2.24, 2.45) is 0 Å². The van der Waals surface area contributed by atoms with Crippen LogP contribution in [0.15, 0.2) is 28.0 Å². The average molecular weight is 309 g/mol. The molecule has 0 atom stereocenters. The second-order valence-electron chi connectivity index (χ2n) is 3.68. The van der Waals surface area contributed by atoms with Crippen LogP contribution in [0.3, 0.4) is 0 Å². The summed E-state index contributed by atoms with van der Waals surface area (Å²) in [4.78, 5) is 8.80. The van der Waals surface area contributed by atoms with E-state index < -0.39 is 0 Å². The van der Waals surface area contributed by atoms with Gasteiger partial charge >= 0.3 is 0 Å². The van der Waals surface area contributed by atoms with Crippen LogP contribution >= 0.6 is 27.3 Å². The monoisotopic (exact) mass is 308 g/mol. The molecular formula is C12H9BrN2OS. The minimum Gasteiger partial charge on any atom is -0.441 e. The van der Waals surface area contributed by atoms with E-state index in [9.17, 15) is 0 Å². The van der Waals surface area contributed by atoms with Crippen LogP contribution in [0.1, 0.15) is 10.9 Å². The maximum absolute atomic E-state index is 5.52. The van der Waals surface area contributed by atoms with Crippen LogP contribution < -0.4 is 0 Å². The van der Waals surface area contributed by atoms with Crippen LogP contribution in [0, 0.1) is 6.92 Å². The van der Waals surface area contributed by atoms with Crippen molar-refractivity contribution < 1.29 is 4.42 Å². The van der Waals surface area contributed by atoms with Crippen molar-refractivity contribution in [3.05, 3.63) is 34.5 Å². The van der Waals surface area contributed by atoms with Crippen LogP contribution in [0.4, 0.5) is 0 Å². The summed E-state index contributed by atoms with van der Waals surface area (Å²) >= 11 is 5.06. The number of rotatable bonds is 2. The molecule has 1 aromatic carbocycles. The number of aryl methyl sites for hydroxylation is 1. The molecule has 3 nitrogen and oxygen atoms in total. The molecule has 0 N–H and O–H groups in total. The first kappa shape index (κ1) is 10.9. The predicted octanol–water partition coefficient (Wildman–Crippen LogP) is 4.15. The van der Waals surface area contributed by atoms with Gasteiger partial charge in [-0.1, -0.05) is 22.0 Å². The quantitative estimate of drug-likeness (QED) is 0.667. The summed E-state index contributed by atoms with van der Waals surface area (Å²) < 4.78 is 5.52. The van der Waals surface area contributed by atoms with Crippen LogP contribution in [-0.4, -0.2) is 9.97 Å². The third-order valence-corrected chi connectivity index (χ3v) is 4.21. The van der Waals surface area contributed by atoms with E-state index in [1.165, 1.54) is 0 Å². The zero-order valence-corrected chi connectivity index (χ0v) is 11.5. The molecule has 0 bridgehead atoms. The molecule has 0 aliphatic carbocycles. The molecule has 0 saturated carbocycles. The van der Waals surface area contributed by atoms with E-state index in [0.717, 1.165) is 32.7 Å². The molecule has 0 aliphatic heterocycles. The summed E-state index contributed by atoms with van der Waals surface area (Å²) in [6.45, 7) is 1.85. The van der Waals surface area contributed by atoms with Gasteiger partial charge in [0.15, 0.2) is 11.5 Å². The van der Waals surface area contributed by atoms with Gasteiger partial charge in [-0.15, -0.1) is 11.3 Å². The molecule has 0 unspecified atom stereocenters. The Morgan fingerprint density at radius 2 is 2.24 bits per heavy atom. The Labute approximate surface area is 111 Å². The molecule has 3 rings (SSSR count). The first-order valence-electron chi connectivity index (χ1n) is 5.14. The Balaban J connectivity index is 2.10. The van der Waals surface area contributed by atoms with E-state index in [1.54, 1.807) is 11.3 Å². The molecule has 0 spiro atoms. The standard InChI is InChI=1S/C12H9BrN2OS/c1-7-14-9-3-2-8(4-11(9)16-7)10-6-17-12(5-13)15-10/h2-4,6H,5H2,1H3. The van der Waals surface area contributed by atoms with Gasteiger partial charge in [-0.25, -0.2) is 9.97 Å². The third-order valence-electron chi connectivity index (χ3n) is 2.46. The van der Waals surface area contributed by atoms with Crippen molar-refractivity contribution in [1.29, 1.82) is 0 Å². The Morgan fingerprint density at radius 3 is 3.00 bits per heavy atom. The lowest BCUT2D eigenvalue weighted by Gasteiger charge is -1.95. The SMILES string of the molecule is Cc1nc2ccc(-c3csc(CBr)n3)cc2o1. The van der Waals surface area contributed by atoms with E-state index in [0.29, 0.717) is 5.89 Å². The summed E-state index contributed by atoms with van der Waals surface area (Å²) in [5, 5.41) is 3.93. The van der Waals surface area contributed by atoms with Crippen LogP contribution in [0.25, 0.3) is 22.4 Å². The van der Waals surface area contributed by atoms with E-state index in [2.05, 4.69) is 31.3 Å². The molecule has 5 heteroatoms. The van der Waals surface area contributed by atoms with Gasteiger partial charge < -0.3 is 4.42 Å². The highest BCUT2D eigenvalue weighted by Gasteiger charge is 2.07. The van der Waals surface area contributed by atoms with Crippen molar-refractivity contribution in [2.75, 3.05) is 0 Å². The number of benzene rings is 1. The highest BCUT2D eigenvalue weighted by Crippen LogP contribution is 2.26. The van der Waals surface area contributed by atoms with Gasteiger partial charge in [-0.2, -0.15) is 0 Å². The first-order chi connectivity index (χ1) is 8.26. The van der Waals surface area contributed by atoms with Crippen molar-refractivity contribution >= 4 is 38.4 Å². The van der Waals surface area contributed by atoms with Gasteiger partial charge in [0, 0.05) is 17.9 Å². The number of alkyl halides is 1. The Hall–Kier alpha value is -1.20. The number of oxazole rings is 1. The van der Waals surface area contributed by atoms with Gasteiger partial charge in [0.2, 0.25) is 0 Å². The molecule has 2 heterocycles. The fourth-order valence-corrected chi connectivity index (χ4v) is 2.88. The summed E-state index contributed by atoms with van der Waals surface area (Å²) in [6, 6.07) is 5.98. The average Bonchev–Trinajstić information content (AvgIpc) is 2.92. The topological polar surface area (TPSA) is 38.9 Å². The summed E-state index contributed by atoms with van der Waals surface area (Å²) in [7, 11) is 0. The van der Waals surface area contributed by atoms with Gasteiger partial charge in [0.05, 0.1) is 11.0 Å². The lowest BCUT2D eigenvalue weighted by Crippen LogP contribution is -1.79. The smallest absolute Gasteiger partial charge is 0.192 e. The van der Waals surface area contributed by atoms with Crippen LogP contribution in [0.5, 0.6) is 0 Å². The molecule has 17 heavy (non-hydrogen) atoms. The Bertz CT molecular complexity index is 674. The fourth-order valence-electron chi connectivity index (χ4n) is 1.70.